The van der Waals surface area contributed by atoms with E-state index in [-0.39, 0.29) is 5.60 Å². The standard InChI is InChI=1S/C17H27NOS/c1-13-11-20-12-15(13)16(18-2)14-6-9-19-17(10-14)7-4-3-5-8-17/h11-12,14,16,18H,3-10H2,1-2H3. The minimum atomic E-state index is 0.209. The minimum absolute atomic E-state index is 0.209. The summed E-state index contributed by atoms with van der Waals surface area (Å²) in [6.07, 6.45) is 9.11. The number of aryl methyl sites for hydroxylation is 1. The van der Waals surface area contributed by atoms with Gasteiger partial charge in [-0.05, 0) is 67.5 Å². The molecule has 1 saturated carbocycles. The fraction of sp³-hybridized carbons (Fsp3) is 0.765. The Bertz CT molecular complexity index is 430. The molecule has 2 nitrogen and oxygen atoms in total. The van der Waals surface area contributed by atoms with Gasteiger partial charge in [-0.3, -0.25) is 0 Å². The second kappa shape index (κ2) is 6.17. The Balaban J connectivity index is 1.76. The molecule has 20 heavy (non-hydrogen) atoms. The summed E-state index contributed by atoms with van der Waals surface area (Å²) in [4.78, 5) is 0. The molecule has 1 saturated heterocycles. The van der Waals surface area contributed by atoms with Gasteiger partial charge in [0.2, 0.25) is 0 Å². The van der Waals surface area contributed by atoms with Gasteiger partial charge in [0.25, 0.3) is 0 Å². The Hall–Kier alpha value is -0.380. The molecule has 1 aromatic heterocycles. The first-order chi connectivity index (χ1) is 9.74. The number of thiophene rings is 1. The van der Waals surface area contributed by atoms with Crippen molar-refractivity contribution in [2.45, 2.75) is 63.5 Å². The van der Waals surface area contributed by atoms with Crippen LogP contribution in [-0.4, -0.2) is 19.3 Å². The van der Waals surface area contributed by atoms with E-state index in [1.54, 1.807) is 0 Å². The molecular formula is C17H27NOS. The molecule has 1 spiro atoms. The highest BCUT2D eigenvalue weighted by Gasteiger charge is 2.41. The normalized spacial score (nSPS) is 27.6. The molecule has 0 radical (unpaired) electrons. The van der Waals surface area contributed by atoms with Gasteiger partial charge in [-0.15, -0.1) is 0 Å². The van der Waals surface area contributed by atoms with Crippen LogP contribution < -0.4 is 5.32 Å². The molecule has 2 aliphatic rings. The summed E-state index contributed by atoms with van der Waals surface area (Å²) in [7, 11) is 2.12. The molecule has 3 heteroatoms. The Kier molecular flexibility index (Phi) is 4.49. The van der Waals surface area contributed by atoms with Crippen LogP contribution in [0.4, 0.5) is 0 Å². The van der Waals surface area contributed by atoms with Crippen molar-refractivity contribution in [3.63, 3.8) is 0 Å². The first-order valence-corrected chi connectivity index (χ1v) is 9.02. The van der Waals surface area contributed by atoms with Gasteiger partial charge in [-0.25, -0.2) is 0 Å². The summed E-state index contributed by atoms with van der Waals surface area (Å²) in [5.41, 5.74) is 3.16. The van der Waals surface area contributed by atoms with Crippen LogP contribution in [0, 0.1) is 12.8 Å². The maximum atomic E-state index is 6.25. The lowest BCUT2D eigenvalue weighted by molar-refractivity contribution is -0.121. The molecule has 1 aliphatic heterocycles. The van der Waals surface area contributed by atoms with Gasteiger partial charge in [-0.1, -0.05) is 19.3 Å². The van der Waals surface area contributed by atoms with Crippen molar-refractivity contribution in [3.05, 3.63) is 21.9 Å². The topological polar surface area (TPSA) is 21.3 Å². The molecule has 0 amide bonds. The predicted octanol–water partition coefficient (Wildman–Crippen LogP) is 4.45. The van der Waals surface area contributed by atoms with Crippen molar-refractivity contribution in [2.75, 3.05) is 13.7 Å². The zero-order valence-corrected chi connectivity index (χ0v) is 13.6. The summed E-state index contributed by atoms with van der Waals surface area (Å²) in [5, 5.41) is 8.19. The highest BCUT2D eigenvalue weighted by Crippen LogP contribution is 2.44. The van der Waals surface area contributed by atoms with Crippen molar-refractivity contribution in [1.82, 2.24) is 5.32 Å². The van der Waals surface area contributed by atoms with Crippen LogP contribution in [0.1, 0.15) is 62.1 Å². The first kappa shape index (κ1) is 14.6. The van der Waals surface area contributed by atoms with E-state index in [1.165, 1.54) is 56.1 Å². The number of hydrogen-bond donors (Lipinski definition) is 1. The lowest BCUT2D eigenvalue weighted by Gasteiger charge is -2.45. The quantitative estimate of drug-likeness (QED) is 0.889. The second-order valence-electron chi connectivity index (χ2n) is 6.62. The van der Waals surface area contributed by atoms with Crippen LogP contribution in [0.2, 0.25) is 0 Å². The molecule has 1 aliphatic carbocycles. The zero-order chi connectivity index (χ0) is 14.0. The van der Waals surface area contributed by atoms with Gasteiger partial charge in [0.15, 0.2) is 0 Å². The van der Waals surface area contributed by atoms with E-state index in [4.69, 9.17) is 4.74 Å². The molecule has 0 bridgehead atoms. The van der Waals surface area contributed by atoms with Gasteiger partial charge in [0.05, 0.1) is 5.60 Å². The maximum Gasteiger partial charge on any atom is 0.0686 e. The number of hydrogen-bond acceptors (Lipinski definition) is 3. The average Bonchev–Trinajstić information content (AvgIpc) is 2.87. The largest absolute Gasteiger partial charge is 0.375 e. The smallest absolute Gasteiger partial charge is 0.0686 e. The fourth-order valence-corrected chi connectivity index (χ4v) is 5.12. The summed E-state index contributed by atoms with van der Waals surface area (Å²) < 4.78 is 6.25. The molecule has 2 atom stereocenters. The van der Waals surface area contributed by atoms with Crippen LogP contribution in [0.3, 0.4) is 0 Å². The molecule has 2 fully saturated rings. The van der Waals surface area contributed by atoms with E-state index in [1.807, 2.05) is 11.3 Å². The van der Waals surface area contributed by atoms with E-state index in [9.17, 15) is 0 Å². The lowest BCUT2D eigenvalue weighted by atomic mass is 9.73. The summed E-state index contributed by atoms with van der Waals surface area (Å²) >= 11 is 1.83. The zero-order valence-electron chi connectivity index (χ0n) is 12.8. The van der Waals surface area contributed by atoms with E-state index in [2.05, 4.69) is 30.0 Å². The van der Waals surface area contributed by atoms with E-state index in [0.717, 1.165) is 12.5 Å². The number of ether oxygens (including phenoxy) is 1. The van der Waals surface area contributed by atoms with Gasteiger partial charge in [0.1, 0.15) is 0 Å². The Morgan fingerprint density at radius 2 is 2.10 bits per heavy atom. The summed E-state index contributed by atoms with van der Waals surface area (Å²) in [6, 6.07) is 0.504. The van der Waals surface area contributed by atoms with Gasteiger partial charge in [-0.2, -0.15) is 11.3 Å². The molecule has 3 rings (SSSR count). The second-order valence-corrected chi connectivity index (χ2v) is 7.37. The molecule has 0 aromatic carbocycles. The molecule has 1 N–H and O–H groups in total. The highest BCUT2D eigenvalue weighted by atomic mass is 32.1. The van der Waals surface area contributed by atoms with Crippen LogP contribution in [0.5, 0.6) is 0 Å². The average molecular weight is 293 g/mol. The summed E-state index contributed by atoms with van der Waals surface area (Å²) in [6.45, 7) is 3.19. The summed E-state index contributed by atoms with van der Waals surface area (Å²) in [5.74, 6) is 0.722. The molecule has 112 valence electrons. The number of nitrogens with one attached hydrogen (secondary N) is 1. The van der Waals surface area contributed by atoms with Gasteiger partial charge < -0.3 is 10.1 Å². The number of rotatable bonds is 3. The third-order valence-electron chi connectivity index (χ3n) is 5.31. The third-order valence-corrected chi connectivity index (χ3v) is 6.19. The van der Waals surface area contributed by atoms with Crippen molar-refractivity contribution in [3.8, 4) is 0 Å². The first-order valence-electron chi connectivity index (χ1n) is 8.08. The minimum Gasteiger partial charge on any atom is -0.375 e. The molecule has 2 heterocycles. The van der Waals surface area contributed by atoms with Crippen molar-refractivity contribution >= 4 is 11.3 Å². The van der Waals surface area contributed by atoms with E-state index >= 15 is 0 Å². The van der Waals surface area contributed by atoms with Crippen LogP contribution in [0.15, 0.2) is 10.8 Å². The van der Waals surface area contributed by atoms with Crippen LogP contribution in [0.25, 0.3) is 0 Å². The van der Waals surface area contributed by atoms with Crippen molar-refractivity contribution in [2.24, 2.45) is 5.92 Å². The van der Waals surface area contributed by atoms with Crippen LogP contribution >= 0.6 is 11.3 Å². The Labute approximate surface area is 126 Å². The molecule has 1 aromatic rings. The van der Waals surface area contributed by atoms with E-state index in [0.29, 0.717) is 6.04 Å². The Morgan fingerprint density at radius 1 is 1.30 bits per heavy atom. The molecule has 2 unspecified atom stereocenters. The van der Waals surface area contributed by atoms with Gasteiger partial charge in [0, 0.05) is 12.6 Å². The van der Waals surface area contributed by atoms with Crippen molar-refractivity contribution < 1.29 is 4.74 Å². The predicted molar refractivity (Wildman–Crippen MR) is 85.3 cm³/mol. The highest BCUT2D eigenvalue weighted by molar-refractivity contribution is 7.08. The van der Waals surface area contributed by atoms with E-state index < -0.39 is 0 Å². The maximum absolute atomic E-state index is 6.25. The van der Waals surface area contributed by atoms with Gasteiger partial charge >= 0.3 is 0 Å². The SMILES string of the molecule is CNC(c1cscc1C)C1CCOC2(CCCCC2)C1. The lowest BCUT2D eigenvalue weighted by Crippen LogP contribution is -2.44. The monoisotopic (exact) mass is 293 g/mol. The fourth-order valence-electron chi connectivity index (χ4n) is 4.23. The Morgan fingerprint density at radius 3 is 2.75 bits per heavy atom. The molecular weight excluding hydrogens is 266 g/mol. The third kappa shape index (κ3) is 2.81. The van der Waals surface area contributed by atoms with Crippen LogP contribution in [-0.2, 0) is 4.74 Å². The van der Waals surface area contributed by atoms with Crippen molar-refractivity contribution in [1.29, 1.82) is 0 Å².